The van der Waals surface area contributed by atoms with Gasteiger partial charge in [0.2, 0.25) is 0 Å². The first-order chi connectivity index (χ1) is 16.5. The first-order valence-electron chi connectivity index (χ1n) is 11.1. The Balaban J connectivity index is 1.66. The van der Waals surface area contributed by atoms with E-state index in [0.29, 0.717) is 28.7 Å². The molecule has 0 aliphatic rings. The third-order valence-electron chi connectivity index (χ3n) is 5.58. The van der Waals surface area contributed by atoms with Gasteiger partial charge in [0, 0.05) is 24.2 Å². The van der Waals surface area contributed by atoms with Crippen LogP contribution in [0.15, 0.2) is 66.7 Å². The van der Waals surface area contributed by atoms with Crippen LogP contribution in [0.2, 0.25) is 0 Å². The number of thiazole rings is 1. The minimum atomic E-state index is -0.0589. The van der Waals surface area contributed by atoms with Gasteiger partial charge in [-0.05, 0) is 50.3 Å². The first-order valence-corrected chi connectivity index (χ1v) is 12.0. The molecule has 34 heavy (non-hydrogen) atoms. The van der Waals surface area contributed by atoms with Gasteiger partial charge in [-0.25, -0.2) is 4.98 Å². The van der Waals surface area contributed by atoms with Crippen LogP contribution in [0.1, 0.15) is 16.8 Å². The molecule has 6 nitrogen and oxygen atoms in total. The van der Waals surface area contributed by atoms with Crippen molar-refractivity contribution in [2.45, 2.75) is 6.42 Å². The molecule has 1 heterocycles. The molecule has 0 aliphatic heterocycles. The zero-order valence-corrected chi connectivity index (χ0v) is 20.8. The van der Waals surface area contributed by atoms with Crippen LogP contribution in [0.5, 0.6) is 11.5 Å². The van der Waals surface area contributed by atoms with E-state index in [-0.39, 0.29) is 5.91 Å². The van der Waals surface area contributed by atoms with E-state index in [1.165, 1.54) is 11.3 Å². The van der Waals surface area contributed by atoms with Crippen molar-refractivity contribution in [3.8, 4) is 22.6 Å². The topological polar surface area (TPSA) is 54.9 Å². The molecule has 0 saturated heterocycles. The van der Waals surface area contributed by atoms with Crippen LogP contribution in [0.25, 0.3) is 21.3 Å². The van der Waals surface area contributed by atoms with Gasteiger partial charge in [0.15, 0.2) is 16.6 Å². The van der Waals surface area contributed by atoms with Gasteiger partial charge >= 0.3 is 0 Å². The van der Waals surface area contributed by atoms with Crippen molar-refractivity contribution in [3.63, 3.8) is 0 Å². The van der Waals surface area contributed by atoms with Crippen LogP contribution in [0, 0.1) is 0 Å². The lowest BCUT2D eigenvalue weighted by atomic mass is 10.0. The highest BCUT2D eigenvalue weighted by Gasteiger charge is 2.22. The smallest absolute Gasteiger partial charge is 0.260 e. The maximum Gasteiger partial charge on any atom is 0.260 e. The first kappa shape index (κ1) is 23.7. The Hall–Kier alpha value is -3.42. The highest BCUT2D eigenvalue weighted by atomic mass is 32.1. The van der Waals surface area contributed by atoms with Crippen LogP contribution in [-0.2, 0) is 0 Å². The number of fused-ring (bicyclic) bond motifs is 1. The van der Waals surface area contributed by atoms with E-state index in [9.17, 15) is 4.79 Å². The zero-order valence-electron chi connectivity index (χ0n) is 19.9. The van der Waals surface area contributed by atoms with Gasteiger partial charge in [0.1, 0.15) is 0 Å². The largest absolute Gasteiger partial charge is 0.493 e. The van der Waals surface area contributed by atoms with Crippen LogP contribution in [0.3, 0.4) is 0 Å². The van der Waals surface area contributed by atoms with Crippen molar-refractivity contribution in [1.29, 1.82) is 0 Å². The van der Waals surface area contributed by atoms with E-state index in [1.807, 2.05) is 68.7 Å². The molecule has 1 amide bonds. The second kappa shape index (κ2) is 10.7. The Kier molecular flexibility index (Phi) is 7.45. The molecule has 0 fully saturated rings. The number of amides is 1. The van der Waals surface area contributed by atoms with Gasteiger partial charge in [-0.3, -0.25) is 9.69 Å². The number of rotatable bonds is 9. The van der Waals surface area contributed by atoms with Gasteiger partial charge in [0.05, 0.1) is 24.4 Å². The molecule has 0 aliphatic carbocycles. The molecule has 3 aromatic carbocycles. The zero-order chi connectivity index (χ0) is 24.1. The fraction of sp³-hybridized carbons (Fsp3) is 0.259. The number of methoxy groups -OCH3 is 2. The van der Waals surface area contributed by atoms with E-state index < -0.39 is 0 Å². The number of hydrogen-bond acceptors (Lipinski definition) is 6. The maximum absolute atomic E-state index is 13.6. The molecule has 0 atom stereocenters. The maximum atomic E-state index is 13.6. The Labute approximate surface area is 204 Å². The van der Waals surface area contributed by atoms with Gasteiger partial charge < -0.3 is 14.4 Å². The Bertz CT molecular complexity index is 1210. The molecular weight excluding hydrogens is 446 g/mol. The van der Waals surface area contributed by atoms with E-state index in [1.54, 1.807) is 19.1 Å². The molecule has 0 spiro atoms. The van der Waals surface area contributed by atoms with E-state index in [4.69, 9.17) is 14.5 Å². The average molecular weight is 476 g/mol. The van der Waals surface area contributed by atoms with Crippen LogP contribution in [-0.4, -0.2) is 57.2 Å². The molecule has 0 unspecified atom stereocenters. The quantitative estimate of drug-likeness (QED) is 0.316. The summed E-state index contributed by atoms with van der Waals surface area (Å²) in [6.45, 7) is 1.45. The highest BCUT2D eigenvalue weighted by Crippen LogP contribution is 2.37. The number of carbonyl (C=O) groups is 1. The summed E-state index contributed by atoms with van der Waals surface area (Å²) in [6.07, 6.45) is 0.837. The fourth-order valence-electron chi connectivity index (χ4n) is 3.78. The second-order valence-electron chi connectivity index (χ2n) is 8.23. The average Bonchev–Trinajstić information content (AvgIpc) is 3.28. The number of carbonyl (C=O) groups excluding carboxylic acids is 1. The SMILES string of the molecule is COc1cc2nc(N(CCCN(C)C)C(=O)c3ccc(-c4ccccc4)cc3)sc2cc1OC. The summed E-state index contributed by atoms with van der Waals surface area (Å²) >= 11 is 1.48. The summed E-state index contributed by atoms with van der Waals surface area (Å²) in [5.41, 5.74) is 3.62. The van der Waals surface area contributed by atoms with Crippen LogP contribution in [0.4, 0.5) is 5.13 Å². The van der Waals surface area contributed by atoms with Crippen molar-refractivity contribution in [1.82, 2.24) is 9.88 Å². The summed E-state index contributed by atoms with van der Waals surface area (Å²) in [7, 11) is 7.28. The van der Waals surface area contributed by atoms with E-state index in [0.717, 1.165) is 34.3 Å². The standard InChI is InChI=1S/C27H29N3O3S/c1-29(2)15-8-16-30(27-28-22-17-23(32-3)24(33-4)18-25(22)34-27)26(31)21-13-11-20(12-14-21)19-9-6-5-7-10-19/h5-7,9-14,17-18H,8,15-16H2,1-4H3. The van der Waals surface area contributed by atoms with Crippen LogP contribution < -0.4 is 14.4 Å². The van der Waals surface area contributed by atoms with Gasteiger partial charge in [-0.1, -0.05) is 53.8 Å². The van der Waals surface area contributed by atoms with Gasteiger partial charge in [-0.2, -0.15) is 0 Å². The summed E-state index contributed by atoms with van der Waals surface area (Å²) < 4.78 is 11.8. The summed E-state index contributed by atoms with van der Waals surface area (Å²) in [4.78, 5) is 22.3. The lowest BCUT2D eigenvalue weighted by Gasteiger charge is -2.21. The molecular formula is C27H29N3O3S. The van der Waals surface area contributed by atoms with Crippen LogP contribution >= 0.6 is 11.3 Å². The van der Waals surface area contributed by atoms with Gasteiger partial charge in [0.25, 0.3) is 5.91 Å². The molecule has 0 bridgehead atoms. The molecule has 0 radical (unpaired) electrons. The number of aromatic nitrogens is 1. The van der Waals surface area contributed by atoms with Gasteiger partial charge in [-0.15, -0.1) is 0 Å². The second-order valence-corrected chi connectivity index (χ2v) is 9.24. The monoisotopic (exact) mass is 475 g/mol. The third-order valence-corrected chi connectivity index (χ3v) is 6.63. The van der Waals surface area contributed by atoms with Crippen molar-refractivity contribution in [3.05, 3.63) is 72.3 Å². The van der Waals surface area contributed by atoms with Crippen molar-refractivity contribution in [2.75, 3.05) is 46.3 Å². The highest BCUT2D eigenvalue weighted by molar-refractivity contribution is 7.22. The number of nitrogens with zero attached hydrogens (tertiary/aromatic N) is 3. The van der Waals surface area contributed by atoms with Crippen molar-refractivity contribution in [2.24, 2.45) is 0 Å². The lowest BCUT2D eigenvalue weighted by Crippen LogP contribution is -2.33. The molecule has 0 saturated carbocycles. The predicted molar refractivity (Wildman–Crippen MR) is 139 cm³/mol. The molecule has 176 valence electrons. The predicted octanol–water partition coefficient (Wildman–Crippen LogP) is 5.58. The summed E-state index contributed by atoms with van der Waals surface area (Å²) in [5.74, 6) is 1.21. The summed E-state index contributed by atoms with van der Waals surface area (Å²) in [6, 6.07) is 21.7. The molecule has 4 aromatic rings. The number of anilines is 1. The van der Waals surface area contributed by atoms with E-state index in [2.05, 4.69) is 17.0 Å². The molecule has 1 aromatic heterocycles. The Morgan fingerprint density at radius 1 is 0.882 bits per heavy atom. The number of hydrogen-bond donors (Lipinski definition) is 0. The van der Waals surface area contributed by atoms with Crippen molar-refractivity contribution >= 4 is 32.6 Å². The fourth-order valence-corrected chi connectivity index (χ4v) is 4.78. The van der Waals surface area contributed by atoms with E-state index >= 15 is 0 Å². The third kappa shape index (κ3) is 5.21. The lowest BCUT2D eigenvalue weighted by molar-refractivity contribution is 0.0986. The summed E-state index contributed by atoms with van der Waals surface area (Å²) in [5, 5.41) is 0.668. The molecule has 7 heteroatoms. The minimum absolute atomic E-state index is 0.0589. The number of benzene rings is 3. The Morgan fingerprint density at radius 2 is 1.53 bits per heavy atom. The normalized spacial score (nSPS) is 11.1. The minimum Gasteiger partial charge on any atom is -0.493 e. The molecule has 0 N–H and O–H groups in total. The molecule has 4 rings (SSSR count). The number of ether oxygens (including phenoxy) is 2. The van der Waals surface area contributed by atoms with Crippen molar-refractivity contribution < 1.29 is 14.3 Å². The Morgan fingerprint density at radius 3 is 2.18 bits per heavy atom.